The second kappa shape index (κ2) is 7.14. The molecule has 2 unspecified atom stereocenters. The average Bonchev–Trinajstić information content (AvgIpc) is 2.37. The molecule has 0 spiro atoms. The van der Waals surface area contributed by atoms with E-state index in [0.717, 1.165) is 12.8 Å². The fraction of sp³-hybridized carbons (Fsp3) is 0.429. The van der Waals surface area contributed by atoms with Crippen molar-refractivity contribution < 1.29 is 14.7 Å². The van der Waals surface area contributed by atoms with E-state index in [1.165, 1.54) is 0 Å². The van der Waals surface area contributed by atoms with Crippen LogP contribution in [0.1, 0.15) is 38.3 Å². The molecule has 0 bridgehead atoms. The van der Waals surface area contributed by atoms with Crippen LogP contribution in [0.3, 0.4) is 0 Å². The number of halogens is 1. The molecular formula is C14H18ClNO3. The number of rotatable bonds is 6. The zero-order valence-corrected chi connectivity index (χ0v) is 11.8. The summed E-state index contributed by atoms with van der Waals surface area (Å²) in [6, 6.07) is 5.38. The van der Waals surface area contributed by atoms with Crippen LogP contribution in [0.15, 0.2) is 24.3 Å². The molecule has 1 rings (SSSR count). The van der Waals surface area contributed by atoms with Gasteiger partial charge in [-0.25, -0.2) is 4.79 Å². The summed E-state index contributed by atoms with van der Waals surface area (Å²) in [5.74, 6) is -1.53. The van der Waals surface area contributed by atoms with Gasteiger partial charge < -0.3 is 10.4 Å². The zero-order chi connectivity index (χ0) is 14.4. The number of aliphatic carboxylic acids is 1. The number of hydrogen-bond acceptors (Lipinski definition) is 2. The summed E-state index contributed by atoms with van der Waals surface area (Å²) < 4.78 is 0. The van der Waals surface area contributed by atoms with Gasteiger partial charge in [0, 0.05) is 10.9 Å². The van der Waals surface area contributed by atoms with E-state index in [1.807, 2.05) is 6.92 Å². The summed E-state index contributed by atoms with van der Waals surface area (Å²) in [5.41, 5.74) is 0.508. The van der Waals surface area contributed by atoms with Crippen LogP contribution in [-0.2, 0) is 9.59 Å². The third-order valence-electron chi connectivity index (χ3n) is 2.91. The van der Waals surface area contributed by atoms with Gasteiger partial charge in [-0.2, -0.15) is 0 Å². The number of hydrogen-bond donors (Lipinski definition) is 2. The number of benzene rings is 1. The topological polar surface area (TPSA) is 66.4 Å². The molecule has 0 fully saturated rings. The second-order valence-corrected chi connectivity index (χ2v) is 4.96. The fourth-order valence-electron chi connectivity index (χ4n) is 1.79. The van der Waals surface area contributed by atoms with Gasteiger partial charge in [0.2, 0.25) is 5.91 Å². The number of carboxylic acid groups (broad SMARTS) is 1. The lowest BCUT2D eigenvalue weighted by molar-refractivity contribution is -0.142. The molecule has 2 N–H and O–H groups in total. The third-order valence-corrected chi connectivity index (χ3v) is 3.16. The first-order valence-corrected chi connectivity index (χ1v) is 6.62. The maximum absolute atomic E-state index is 11.9. The van der Waals surface area contributed by atoms with Crippen LogP contribution in [0.5, 0.6) is 0 Å². The van der Waals surface area contributed by atoms with Gasteiger partial charge in [-0.15, -0.1) is 0 Å². The number of amides is 1. The van der Waals surface area contributed by atoms with E-state index < -0.39 is 12.0 Å². The summed E-state index contributed by atoms with van der Waals surface area (Å²) in [4.78, 5) is 23.1. The molecule has 0 aliphatic carbocycles. The summed E-state index contributed by atoms with van der Waals surface area (Å²) in [7, 11) is 0. The molecule has 0 radical (unpaired) electrons. The van der Waals surface area contributed by atoms with Crippen LogP contribution in [-0.4, -0.2) is 17.0 Å². The van der Waals surface area contributed by atoms with Gasteiger partial charge in [0.25, 0.3) is 0 Å². The van der Waals surface area contributed by atoms with E-state index >= 15 is 0 Å². The van der Waals surface area contributed by atoms with E-state index in [2.05, 4.69) is 5.32 Å². The van der Waals surface area contributed by atoms with E-state index in [4.69, 9.17) is 11.6 Å². The van der Waals surface area contributed by atoms with Gasteiger partial charge >= 0.3 is 5.97 Å². The zero-order valence-electron chi connectivity index (χ0n) is 11.0. The van der Waals surface area contributed by atoms with Crippen molar-refractivity contribution >= 4 is 23.5 Å². The lowest BCUT2D eigenvalue weighted by Crippen LogP contribution is -2.36. The molecule has 5 heteroatoms. The first-order chi connectivity index (χ1) is 8.95. The summed E-state index contributed by atoms with van der Waals surface area (Å²) >= 11 is 5.76. The van der Waals surface area contributed by atoms with Crippen molar-refractivity contribution in [2.45, 2.75) is 32.7 Å². The Morgan fingerprint density at radius 3 is 2.37 bits per heavy atom. The first-order valence-electron chi connectivity index (χ1n) is 6.24. The molecule has 0 aromatic heterocycles. The highest BCUT2D eigenvalue weighted by atomic mass is 35.5. The van der Waals surface area contributed by atoms with E-state index in [1.54, 1.807) is 31.2 Å². The van der Waals surface area contributed by atoms with Crippen LogP contribution in [0.25, 0.3) is 0 Å². The predicted octanol–water partition coefficient (Wildman–Crippen LogP) is 3.02. The summed E-state index contributed by atoms with van der Waals surface area (Å²) in [6.07, 6.45) is 1.62. The Kier molecular flexibility index (Phi) is 5.83. The van der Waals surface area contributed by atoms with E-state index in [0.29, 0.717) is 10.6 Å². The van der Waals surface area contributed by atoms with Gasteiger partial charge in [-0.3, -0.25) is 4.79 Å². The smallest absolute Gasteiger partial charge is 0.330 e. The maximum Gasteiger partial charge on any atom is 0.330 e. The molecule has 1 amide bonds. The minimum atomic E-state index is -1.08. The van der Waals surface area contributed by atoms with Crippen LogP contribution in [0.2, 0.25) is 5.02 Å². The molecule has 0 aliphatic heterocycles. The molecule has 104 valence electrons. The number of nitrogens with one attached hydrogen (secondary N) is 1. The Hall–Kier alpha value is -1.55. The van der Waals surface area contributed by atoms with Gasteiger partial charge in [-0.1, -0.05) is 44.0 Å². The van der Waals surface area contributed by atoms with Crippen LogP contribution < -0.4 is 5.32 Å². The normalized spacial score (nSPS) is 13.6. The van der Waals surface area contributed by atoms with Crippen LogP contribution in [0, 0.1) is 5.92 Å². The van der Waals surface area contributed by atoms with Gasteiger partial charge in [0.1, 0.15) is 0 Å². The highest BCUT2D eigenvalue weighted by Crippen LogP contribution is 2.18. The van der Waals surface area contributed by atoms with Crippen molar-refractivity contribution in [3.63, 3.8) is 0 Å². The minimum absolute atomic E-state index is 0.195. The Balaban J connectivity index is 2.82. The summed E-state index contributed by atoms with van der Waals surface area (Å²) in [6.45, 7) is 3.78. The molecule has 0 saturated heterocycles. The second-order valence-electron chi connectivity index (χ2n) is 4.52. The Morgan fingerprint density at radius 1 is 1.32 bits per heavy atom. The van der Waals surface area contributed by atoms with Crippen LogP contribution >= 0.6 is 11.6 Å². The number of carbonyl (C=O) groups is 2. The van der Waals surface area contributed by atoms with Gasteiger partial charge in [-0.05, 0) is 24.1 Å². The molecule has 4 nitrogen and oxygen atoms in total. The highest BCUT2D eigenvalue weighted by Gasteiger charge is 2.24. The summed E-state index contributed by atoms with van der Waals surface area (Å²) in [5, 5.41) is 12.3. The van der Waals surface area contributed by atoms with Crippen molar-refractivity contribution in [1.29, 1.82) is 0 Å². The largest absolute Gasteiger partial charge is 0.479 e. The SMILES string of the molecule is CCCC(C)C(=O)NC(C(=O)O)c1ccc(Cl)cc1. The van der Waals surface area contributed by atoms with Gasteiger partial charge in [0.15, 0.2) is 6.04 Å². The Morgan fingerprint density at radius 2 is 1.89 bits per heavy atom. The lowest BCUT2D eigenvalue weighted by Gasteiger charge is -2.18. The molecule has 1 aromatic rings. The molecule has 19 heavy (non-hydrogen) atoms. The standard InChI is InChI=1S/C14H18ClNO3/c1-3-4-9(2)13(17)16-12(14(18)19)10-5-7-11(15)8-6-10/h5-9,12H,3-4H2,1-2H3,(H,16,17)(H,18,19). The Bertz CT molecular complexity index is 445. The predicted molar refractivity (Wildman–Crippen MR) is 74.0 cm³/mol. The number of carboxylic acids is 1. The quantitative estimate of drug-likeness (QED) is 0.843. The van der Waals surface area contributed by atoms with Gasteiger partial charge in [0.05, 0.1) is 0 Å². The molecular weight excluding hydrogens is 266 g/mol. The Labute approximate surface area is 117 Å². The highest BCUT2D eigenvalue weighted by molar-refractivity contribution is 6.30. The average molecular weight is 284 g/mol. The minimum Gasteiger partial charge on any atom is -0.479 e. The molecule has 2 atom stereocenters. The number of carbonyl (C=O) groups excluding carboxylic acids is 1. The molecule has 1 aromatic carbocycles. The van der Waals surface area contributed by atoms with Crippen molar-refractivity contribution in [2.75, 3.05) is 0 Å². The van der Waals surface area contributed by atoms with Crippen molar-refractivity contribution in [1.82, 2.24) is 5.32 Å². The molecule has 0 heterocycles. The lowest BCUT2D eigenvalue weighted by atomic mass is 10.0. The van der Waals surface area contributed by atoms with Crippen LogP contribution in [0.4, 0.5) is 0 Å². The fourth-order valence-corrected chi connectivity index (χ4v) is 1.92. The maximum atomic E-state index is 11.9. The third kappa shape index (κ3) is 4.56. The van der Waals surface area contributed by atoms with Crippen molar-refractivity contribution in [3.05, 3.63) is 34.9 Å². The van der Waals surface area contributed by atoms with Crippen molar-refractivity contribution in [3.8, 4) is 0 Å². The first kappa shape index (κ1) is 15.5. The van der Waals surface area contributed by atoms with Crippen molar-refractivity contribution in [2.24, 2.45) is 5.92 Å². The van der Waals surface area contributed by atoms with E-state index in [9.17, 15) is 14.7 Å². The monoisotopic (exact) mass is 283 g/mol. The van der Waals surface area contributed by atoms with E-state index in [-0.39, 0.29) is 11.8 Å². The molecule has 0 saturated carbocycles. The molecule has 0 aliphatic rings.